The maximum atomic E-state index is 8.83. The lowest BCUT2D eigenvalue weighted by Crippen LogP contribution is -2.30. The summed E-state index contributed by atoms with van der Waals surface area (Å²) in [4.78, 5) is 2.46. The van der Waals surface area contributed by atoms with Crippen LogP contribution < -0.4 is 0 Å². The van der Waals surface area contributed by atoms with E-state index in [9.17, 15) is 0 Å². The van der Waals surface area contributed by atoms with Gasteiger partial charge in [-0.3, -0.25) is 0 Å². The number of aliphatic hydroxyl groups is 1. The van der Waals surface area contributed by atoms with Crippen molar-refractivity contribution in [2.75, 3.05) is 19.6 Å². The number of hydrogen-bond donors (Lipinski definition) is 1. The van der Waals surface area contributed by atoms with Gasteiger partial charge in [0.15, 0.2) is 0 Å². The standard InChI is InChI=1S/C9H18ClNO.ClH/c10-9(12)5-4-8-11-6-2-1-3-7-11;/h9,12H,1-8H2;1H. The molecule has 0 radical (unpaired) electrons. The zero-order valence-electron chi connectivity index (χ0n) is 7.91. The second kappa shape index (κ2) is 7.86. The summed E-state index contributed by atoms with van der Waals surface area (Å²) in [6.07, 6.45) is 5.80. The van der Waals surface area contributed by atoms with Crippen LogP contribution >= 0.6 is 24.0 Å². The monoisotopic (exact) mass is 227 g/mol. The van der Waals surface area contributed by atoms with E-state index in [1.165, 1.54) is 32.4 Å². The highest BCUT2D eigenvalue weighted by atomic mass is 35.5. The topological polar surface area (TPSA) is 23.5 Å². The van der Waals surface area contributed by atoms with Crippen LogP contribution in [0.3, 0.4) is 0 Å². The van der Waals surface area contributed by atoms with Crippen LogP contribution in [0, 0.1) is 0 Å². The molecule has 0 saturated carbocycles. The summed E-state index contributed by atoms with van der Waals surface area (Å²) in [5.41, 5.74) is -0.644. The van der Waals surface area contributed by atoms with Gasteiger partial charge in [0.05, 0.1) is 0 Å². The average Bonchev–Trinajstić information content (AvgIpc) is 2.05. The Morgan fingerprint density at radius 1 is 1.23 bits per heavy atom. The molecule has 1 atom stereocenters. The second-order valence-corrected chi connectivity index (χ2v) is 3.98. The number of rotatable bonds is 4. The maximum Gasteiger partial charge on any atom is 0.128 e. The van der Waals surface area contributed by atoms with E-state index in [0.29, 0.717) is 0 Å². The van der Waals surface area contributed by atoms with Crippen molar-refractivity contribution < 1.29 is 5.11 Å². The minimum Gasteiger partial charge on any atom is -0.378 e. The van der Waals surface area contributed by atoms with E-state index < -0.39 is 5.56 Å². The number of piperidine rings is 1. The summed E-state index contributed by atoms with van der Waals surface area (Å²) in [5.74, 6) is 0. The van der Waals surface area contributed by atoms with E-state index >= 15 is 0 Å². The van der Waals surface area contributed by atoms with Gasteiger partial charge in [0, 0.05) is 0 Å². The molecule has 0 aromatic heterocycles. The van der Waals surface area contributed by atoms with Gasteiger partial charge in [-0.1, -0.05) is 18.0 Å². The van der Waals surface area contributed by atoms with Gasteiger partial charge >= 0.3 is 0 Å². The molecule has 1 rings (SSSR count). The number of alkyl halides is 1. The second-order valence-electron chi connectivity index (χ2n) is 3.48. The SMILES string of the molecule is Cl.OC(Cl)CCCN1CCCCC1. The Morgan fingerprint density at radius 3 is 2.38 bits per heavy atom. The van der Waals surface area contributed by atoms with Gasteiger partial charge < -0.3 is 10.0 Å². The molecule has 2 nitrogen and oxygen atoms in total. The fourth-order valence-electron chi connectivity index (χ4n) is 1.67. The van der Waals surface area contributed by atoms with Crippen LogP contribution in [-0.4, -0.2) is 35.2 Å². The first-order chi connectivity index (χ1) is 5.79. The van der Waals surface area contributed by atoms with Gasteiger partial charge in [0.25, 0.3) is 0 Å². The van der Waals surface area contributed by atoms with Crippen molar-refractivity contribution in [1.29, 1.82) is 0 Å². The predicted octanol–water partition coefficient (Wildman–Crippen LogP) is 2.23. The quantitative estimate of drug-likeness (QED) is 0.746. The van der Waals surface area contributed by atoms with E-state index in [4.69, 9.17) is 16.7 Å². The Kier molecular flexibility index (Phi) is 8.17. The normalized spacial score (nSPS) is 20.8. The first-order valence-electron chi connectivity index (χ1n) is 4.83. The van der Waals surface area contributed by atoms with Gasteiger partial charge in [-0.25, -0.2) is 0 Å². The molecule has 0 spiro atoms. The van der Waals surface area contributed by atoms with Crippen molar-refractivity contribution in [3.8, 4) is 0 Å². The third-order valence-electron chi connectivity index (χ3n) is 2.37. The molecule has 1 heterocycles. The number of likely N-dealkylation sites (tertiary alicyclic amines) is 1. The summed E-state index contributed by atoms with van der Waals surface area (Å²) in [5, 5.41) is 8.83. The van der Waals surface area contributed by atoms with Gasteiger partial charge in [0.2, 0.25) is 0 Å². The molecule has 80 valence electrons. The Morgan fingerprint density at radius 2 is 1.85 bits per heavy atom. The Bertz CT molecular complexity index is 116. The van der Waals surface area contributed by atoms with Crippen molar-refractivity contribution in [2.24, 2.45) is 0 Å². The van der Waals surface area contributed by atoms with Crippen LogP contribution in [0.15, 0.2) is 0 Å². The van der Waals surface area contributed by atoms with Crippen LogP contribution in [0.1, 0.15) is 32.1 Å². The first-order valence-corrected chi connectivity index (χ1v) is 5.27. The Hall–Kier alpha value is 0.500. The summed E-state index contributed by atoms with van der Waals surface area (Å²) < 4.78 is 0. The number of halogens is 2. The molecule has 1 aliphatic heterocycles. The van der Waals surface area contributed by atoms with Gasteiger partial charge in [-0.05, 0) is 45.3 Å². The smallest absolute Gasteiger partial charge is 0.128 e. The Balaban J connectivity index is 0.00000144. The van der Waals surface area contributed by atoms with Crippen LogP contribution in [-0.2, 0) is 0 Å². The molecule has 0 aliphatic carbocycles. The van der Waals surface area contributed by atoms with E-state index in [-0.39, 0.29) is 12.4 Å². The molecule has 0 aromatic rings. The molecule has 0 aromatic carbocycles. The molecule has 1 unspecified atom stereocenters. The number of nitrogens with zero attached hydrogens (tertiary/aromatic N) is 1. The highest BCUT2D eigenvalue weighted by molar-refractivity contribution is 6.19. The predicted molar refractivity (Wildman–Crippen MR) is 58.6 cm³/mol. The molecule has 4 heteroatoms. The summed E-state index contributed by atoms with van der Waals surface area (Å²) in [6, 6.07) is 0. The van der Waals surface area contributed by atoms with Crippen molar-refractivity contribution in [2.45, 2.75) is 37.7 Å². The minimum absolute atomic E-state index is 0. The van der Waals surface area contributed by atoms with Crippen molar-refractivity contribution in [3.63, 3.8) is 0 Å². The van der Waals surface area contributed by atoms with E-state index in [1.807, 2.05) is 0 Å². The lowest BCUT2D eigenvalue weighted by molar-refractivity contribution is 0.200. The van der Waals surface area contributed by atoms with Crippen molar-refractivity contribution >= 4 is 24.0 Å². The van der Waals surface area contributed by atoms with Crippen molar-refractivity contribution in [3.05, 3.63) is 0 Å². The fraction of sp³-hybridized carbons (Fsp3) is 1.00. The van der Waals surface area contributed by atoms with E-state index in [0.717, 1.165) is 19.4 Å². The zero-order valence-corrected chi connectivity index (χ0v) is 9.49. The van der Waals surface area contributed by atoms with Crippen LogP contribution in [0.2, 0.25) is 0 Å². The molecule has 1 aliphatic rings. The molecule has 1 fully saturated rings. The summed E-state index contributed by atoms with van der Waals surface area (Å²) in [7, 11) is 0. The average molecular weight is 228 g/mol. The molecular weight excluding hydrogens is 209 g/mol. The molecule has 0 amide bonds. The third-order valence-corrected chi connectivity index (χ3v) is 2.58. The van der Waals surface area contributed by atoms with E-state index in [2.05, 4.69) is 4.90 Å². The zero-order chi connectivity index (χ0) is 8.81. The Labute approximate surface area is 91.7 Å². The molecule has 0 bridgehead atoms. The first kappa shape index (κ1) is 13.5. The van der Waals surface area contributed by atoms with Gasteiger partial charge in [0.1, 0.15) is 5.56 Å². The fourth-order valence-corrected chi connectivity index (χ4v) is 1.82. The number of hydrogen-bond acceptors (Lipinski definition) is 2. The highest BCUT2D eigenvalue weighted by Gasteiger charge is 2.09. The summed E-state index contributed by atoms with van der Waals surface area (Å²) >= 11 is 5.43. The molecule has 1 N–H and O–H groups in total. The third kappa shape index (κ3) is 6.55. The summed E-state index contributed by atoms with van der Waals surface area (Å²) in [6.45, 7) is 3.57. The lowest BCUT2D eigenvalue weighted by atomic mass is 10.1. The lowest BCUT2D eigenvalue weighted by Gasteiger charge is -2.26. The largest absolute Gasteiger partial charge is 0.378 e. The highest BCUT2D eigenvalue weighted by Crippen LogP contribution is 2.10. The van der Waals surface area contributed by atoms with Crippen LogP contribution in [0.4, 0.5) is 0 Å². The van der Waals surface area contributed by atoms with Gasteiger partial charge in [-0.15, -0.1) is 12.4 Å². The van der Waals surface area contributed by atoms with Crippen LogP contribution in [0.5, 0.6) is 0 Å². The van der Waals surface area contributed by atoms with Gasteiger partial charge in [-0.2, -0.15) is 0 Å². The molecule has 1 saturated heterocycles. The number of aliphatic hydroxyl groups excluding tert-OH is 1. The van der Waals surface area contributed by atoms with Crippen LogP contribution in [0.25, 0.3) is 0 Å². The molecular formula is C9H19Cl2NO. The van der Waals surface area contributed by atoms with Crippen molar-refractivity contribution in [1.82, 2.24) is 4.90 Å². The molecule has 13 heavy (non-hydrogen) atoms. The van der Waals surface area contributed by atoms with E-state index in [1.54, 1.807) is 0 Å². The minimum atomic E-state index is -0.644. The maximum absolute atomic E-state index is 8.83.